The summed E-state index contributed by atoms with van der Waals surface area (Å²) in [5, 5.41) is 0.501. The molecule has 2 aromatic carbocycles. The van der Waals surface area contributed by atoms with Crippen molar-refractivity contribution in [3.63, 3.8) is 0 Å². The van der Waals surface area contributed by atoms with Gasteiger partial charge in [0.05, 0.1) is 16.4 Å². The Bertz CT molecular complexity index is 839. The molecule has 1 atom stereocenters. The van der Waals surface area contributed by atoms with Gasteiger partial charge in [-0.05, 0) is 41.8 Å². The molecule has 0 radical (unpaired) electrons. The minimum Gasteiger partial charge on any atom is -0.306 e. The molecule has 0 bridgehead atoms. The van der Waals surface area contributed by atoms with Gasteiger partial charge < -0.3 is 9.97 Å². The van der Waals surface area contributed by atoms with Crippen LogP contribution in [0.3, 0.4) is 0 Å². The topological polar surface area (TPSA) is 48.6 Å². The molecule has 3 rings (SSSR count). The Balaban J connectivity index is 1.93. The summed E-state index contributed by atoms with van der Waals surface area (Å²) in [6.45, 7) is 0. The van der Waals surface area contributed by atoms with Crippen LogP contribution in [-0.4, -0.2) is 9.97 Å². The molecule has 1 aromatic heterocycles. The van der Waals surface area contributed by atoms with E-state index in [4.69, 9.17) is 23.2 Å². The molecule has 0 aliphatic rings. The third kappa shape index (κ3) is 3.18. The van der Waals surface area contributed by atoms with Crippen LogP contribution < -0.4 is 5.69 Å². The van der Waals surface area contributed by atoms with Crippen LogP contribution in [0.15, 0.2) is 45.7 Å². The second-order valence-electron chi connectivity index (χ2n) is 4.80. The van der Waals surface area contributed by atoms with Crippen molar-refractivity contribution in [1.29, 1.82) is 0 Å². The second-order valence-corrected chi connectivity index (χ2v) is 6.61. The zero-order chi connectivity index (χ0) is 15.0. The van der Waals surface area contributed by atoms with Gasteiger partial charge in [-0.15, -0.1) is 11.6 Å². The Morgan fingerprint density at radius 3 is 2.38 bits per heavy atom. The number of nitrogens with one attached hydrogen (secondary N) is 2. The summed E-state index contributed by atoms with van der Waals surface area (Å²) in [5.41, 5.74) is 3.33. The molecule has 1 unspecified atom stereocenters. The molecule has 108 valence electrons. The van der Waals surface area contributed by atoms with Gasteiger partial charge in [0.1, 0.15) is 0 Å². The van der Waals surface area contributed by atoms with Crippen LogP contribution in [0.25, 0.3) is 11.0 Å². The van der Waals surface area contributed by atoms with Gasteiger partial charge in [-0.2, -0.15) is 0 Å². The van der Waals surface area contributed by atoms with Crippen molar-refractivity contribution < 1.29 is 0 Å². The quantitative estimate of drug-likeness (QED) is 0.625. The zero-order valence-corrected chi connectivity index (χ0v) is 13.9. The monoisotopic (exact) mass is 384 g/mol. The zero-order valence-electron chi connectivity index (χ0n) is 10.8. The van der Waals surface area contributed by atoms with E-state index in [0.717, 1.165) is 26.6 Å². The number of H-pyrrole nitrogens is 2. The average molecular weight is 386 g/mol. The number of hydrogen-bond acceptors (Lipinski definition) is 1. The van der Waals surface area contributed by atoms with E-state index in [-0.39, 0.29) is 11.1 Å². The molecule has 0 saturated heterocycles. The van der Waals surface area contributed by atoms with Gasteiger partial charge in [0.25, 0.3) is 0 Å². The number of fused-ring (bicyclic) bond motifs is 1. The molecule has 0 spiro atoms. The smallest absolute Gasteiger partial charge is 0.306 e. The lowest BCUT2D eigenvalue weighted by molar-refractivity contribution is 0.916. The standard InChI is InChI=1S/C15H11BrCl2N2O/c16-11-7-14-13(19-15(21)20-14)6-10(11)12(18)5-8-1-3-9(17)4-2-8/h1-4,6-7,12H,5H2,(H2,19,20,21). The Morgan fingerprint density at radius 1 is 1.10 bits per heavy atom. The van der Waals surface area contributed by atoms with Gasteiger partial charge in [0.2, 0.25) is 0 Å². The van der Waals surface area contributed by atoms with E-state index in [1.165, 1.54) is 0 Å². The lowest BCUT2D eigenvalue weighted by atomic mass is 10.0. The van der Waals surface area contributed by atoms with Gasteiger partial charge >= 0.3 is 5.69 Å². The molecule has 2 N–H and O–H groups in total. The van der Waals surface area contributed by atoms with Crippen LogP contribution in [0.4, 0.5) is 0 Å². The highest BCUT2D eigenvalue weighted by Crippen LogP contribution is 2.33. The van der Waals surface area contributed by atoms with Gasteiger partial charge in [-0.1, -0.05) is 39.7 Å². The summed E-state index contributed by atoms with van der Waals surface area (Å²) in [6.07, 6.45) is 0.678. The molecule has 1 heterocycles. The second kappa shape index (κ2) is 5.87. The summed E-state index contributed by atoms with van der Waals surface area (Å²) in [7, 11) is 0. The Kier molecular flexibility index (Phi) is 4.11. The molecule has 0 amide bonds. The maximum atomic E-state index is 11.3. The summed E-state index contributed by atoms with van der Waals surface area (Å²) in [6, 6.07) is 11.4. The van der Waals surface area contributed by atoms with Crippen molar-refractivity contribution >= 4 is 50.2 Å². The highest BCUT2D eigenvalue weighted by atomic mass is 79.9. The fraction of sp³-hybridized carbons (Fsp3) is 0.133. The SMILES string of the molecule is O=c1[nH]c2cc(Br)c(C(Cl)Cc3ccc(Cl)cc3)cc2[nH]1. The number of alkyl halides is 1. The Hall–Kier alpha value is -1.23. The molecule has 0 saturated carbocycles. The van der Waals surface area contributed by atoms with E-state index < -0.39 is 0 Å². The van der Waals surface area contributed by atoms with Gasteiger partial charge in [-0.25, -0.2) is 4.79 Å². The van der Waals surface area contributed by atoms with E-state index in [2.05, 4.69) is 25.9 Å². The first kappa shape index (κ1) is 14.7. The highest BCUT2D eigenvalue weighted by Gasteiger charge is 2.14. The predicted octanol–water partition coefficient (Wildman–Crippen LogP) is 4.79. The number of rotatable bonds is 3. The summed E-state index contributed by atoms with van der Waals surface area (Å²) in [4.78, 5) is 16.8. The lowest BCUT2D eigenvalue weighted by Gasteiger charge is -2.12. The number of aromatic nitrogens is 2. The summed E-state index contributed by atoms with van der Waals surface area (Å²) < 4.78 is 0.874. The molecule has 21 heavy (non-hydrogen) atoms. The third-order valence-corrected chi connectivity index (χ3v) is 4.63. The largest absolute Gasteiger partial charge is 0.323 e. The summed E-state index contributed by atoms with van der Waals surface area (Å²) >= 11 is 15.9. The molecular weight excluding hydrogens is 375 g/mol. The van der Waals surface area contributed by atoms with Crippen molar-refractivity contribution in [1.82, 2.24) is 9.97 Å². The fourth-order valence-electron chi connectivity index (χ4n) is 2.25. The molecule has 0 aliphatic carbocycles. The third-order valence-electron chi connectivity index (χ3n) is 3.30. The van der Waals surface area contributed by atoms with E-state index in [1.807, 2.05) is 36.4 Å². The van der Waals surface area contributed by atoms with E-state index >= 15 is 0 Å². The van der Waals surface area contributed by atoms with Crippen LogP contribution in [0.1, 0.15) is 16.5 Å². The lowest BCUT2D eigenvalue weighted by Crippen LogP contribution is -1.99. The predicted molar refractivity (Wildman–Crippen MR) is 90.4 cm³/mol. The van der Waals surface area contributed by atoms with Crippen molar-refractivity contribution in [2.45, 2.75) is 11.8 Å². The fourth-order valence-corrected chi connectivity index (χ4v) is 3.49. The van der Waals surface area contributed by atoms with Crippen molar-refractivity contribution in [2.24, 2.45) is 0 Å². The van der Waals surface area contributed by atoms with Gasteiger partial charge in [0.15, 0.2) is 0 Å². The van der Waals surface area contributed by atoms with Crippen molar-refractivity contribution in [2.75, 3.05) is 0 Å². The first-order valence-electron chi connectivity index (χ1n) is 6.33. The van der Waals surface area contributed by atoms with E-state index in [9.17, 15) is 4.79 Å². The molecule has 6 heteroatoms. The van der Waals surface area contributed by atoms with Crippen molar-refractivity contribution in [3.05, 3.63) is 67.5 Å². The highest BCUT2D eigenvalue weighted by molar-refractivity contribution is 9.10. The number of hydrogen-bond donors (Lipinski definition) is 2. The van der Waals surface area contributed by atoms with Crippen LogP contribution in [0, 0.1) is 0 Å². The van der Waals surface area contributed by atoms with Crippen LogP contribution in [0.2, 0.25) is 5.02 Å². The number of aromatic amines is 2. The van der Waals surface area contributed by atoms with E-state index in [1.54, 1.807) is 0 Å². The number of imidazole rings is 1. The number of benzene rings is 2. The van der Waals surface area contributed by atoms with Crippen molar-refractivity contribution in [3.8, 4) is 0 Å². The molecule has 3 nitrogen and oxygen atoms in total. The van der Waals surface area contributed by atoms with Crippen LogP contribution >= 0.6 is 39.1 Å². The minimum atomic E-state index is -0.224. The first-order valence-corrected chi connectivity index (χ1v) is 7.93. The maximum absolute atomic E-state index is 11.3. The van der Waals surface area contributed by atoms with Crippen LogP contribution in [0.5, 0.6) is 0 Å². The van der Waals surface area contributed by atoms with Crippen LogP contribution in [-0.2, 0) is 6.42 Å². The molecule has 0 aliphatic heterocycles. The number of halogens is 3. The maximum Gasteiger partial charge on any atom is 0.323 e. The molecule has 0 fully saturated rings. The minimum absolute atomic E-state index is 0.205. The normalized spacial score (nSPS) is 12.7. The van der Waals surface area contributed by atoms with Gasteiger partial charge in [-0.3, -0.25) is 0 Å². The first-order chi connectivity index (χ1) is 10.0. The Morgan fingerprint density at radius 2 is 1.71 bits per heavy atom. The summed E-state index contributed by atoms with van der Waals surface area (Å²) in [5.74, 6) is 0. The average Bonchev–Trinajstić information content (AvgIpc) is 2.79. The molecular formula is C15H11BrCl2N2O. The van der Waals surface area contributed by atoms with Gasteiger partial charge in [0, 0.05) is 9.50 Å². The Labute approximate surface area is 139 Å². The molecule has 3 aromatic rings. The van der Waals surface area contributed by atoms with E-state index in [0.29, 0.717) is 11.4 Å².